The quantitative estimate of drug-likeness (QED) is 0.630. The van der Waals surface area contributed by atoms with Crippen molar-refractivity contribution in [2.45, 2.75) is 52.5 Å². The van der Waals surface area contributed by atoms with Gasteiger partial charge >= 0.3 is 0 Å². The largest absolute Gasteiger partial charge is 0.285 e. The fourth-order valence-electron chi connectivity index (χ4n) is 2.13. The molecular formula is C13H22N2. The van der Waals surface area contributed by atoms with Crippen LogP contribution in [0.4, 0.5) is 0 Å². The fourth-order valence-corrected chi connectivity index (χ4v) is 2.13. The molecule has 0 fully saturated rings. The normalized spacial score (nSPS) is 25.9. The van der Waals surface area contributed by atoms with Crippen LogP contribution in [0.1, 0.15) is 47.0 Å². The monoisotopic (exact) mass is 206 g/mol. The van der Waals surface area contributed by atoms with Gasteiger partial charge in [-0.15, -0.1) is 6.58 Å². The van der Waals surface area contributed by atoms with Gasteiger partial charge in [0.2, 0.25) is 0 Å². The van der Waals surface area contributed by atoms with E-state index in [1.807, 2.05) is 0 Å². The first-order valence-electron chi connectivity index (χ1n) is 5.77. The van der Waals surface area contributed by atoms with Gasteiger partial charge in [0.25, 0.3) is 0 Å². The fraction of sp³-hybridized carbons (Fsp3) is 0.692. The van der Waals surface area contributed by atoms with Crippen molar-refractivity contribution in [1.29, 1.82) is 0 Å². The van der Waals surface area contributed by atoms with Crippen LogP contribution in [0.3, 0.4) is 0 Å². The van der Waals surface area contributed by atoms with E-state index in [1.165, 1.54) is 17.0 Å². The van der Waals surface area contributed by atoms with Gasteiger partial charge in [0.15, 0.2) is 0 Å². The van der Waals surface area contributed by atoms with E-state index in [-0.39, 0.29) is 5.54 Å². The number of hydrogen-bond acceptors (Lipinski definition) is 2. The summed E-state index contributed by atoms with van der Waals surface area (Å²) in [7, 11) is 0. The Morgan fingerprint density at radius 3 is 2.40 bits per heavy atom. The van der Waals surface area contributed by atoms with Gasteiger partial charge in [-0.2, -0.15) is 0 Å². The average molecular weight is 206 g/mol. The Kier molecular flexibility index (Phi) is 3.83. The lowest BCUT2D eigenvalue weighted by Crippen LogP contribution is -2.34. The Bertz CT molecular complexity index is 312. The van der Waals surface area contributed by atoms with Crippen LogP contribution in [0.2, 0.25) is 0 Å². The SMILES string of the molecule is C=C(C)CC1(C)CN=C(CC)C(CC)=N1. The lowest BCUT2D eigenvalue weighted by atomic mass is 9.92. The summed E-state index contributed by atoms with van der Waals surface area (Å²) in [5.74, 6) is 0. The van der Waals surface area contributed by atoms with E-state index in [0.29, 0.717) is 0 Å². The molecule has 15 heavy (non-hydrogen) atoms. The molecule has 1 rings (SSSR count). The summed E-state index contributed by atoms with van der Waals surface area (Å²) < 4.78 is 0. The van der Waals surface area contributed by atoms with Gasteiger partial charge in [-0.3, -0.25) is 9.98 Å². The number of hydrogen-bond donors (Lipinski definition) is 0. The van der Waals surface area contributed by atoms with Crippen LogP contribution in [0, 0.1) is 0 Å². The van der Waals surface area contributed by atoms with Crippen LogP contribution in [0.15, 0.2) is 22.1 Å². The Balaban J connectivity index is 2.87. The van der Waals surface area contributed by atoms with E-state index in [4.69, 9.17) is 4.99 Å². The molecule has 0 saturated heterocycles. The lowest BCUT2D eigenvalue weighted by Gasteiger charge is -2.29. The topological polar surface area (TPSA) is 24.7 Å². The summed E-state index contributed by atoms with van der Waals surface area (Å²) in [6.07, 6.45) is 2.92. The smallest absolute Gasteiger partial charge is 0.0815 e. The summed E-state index contributed by atoms with van der Waals surface area (Å²) in [5.41, 5.74) is 3.52. The van der Waals surface area contributed by atoms with Crippen molar-refractivity contribution in [3.8, 4) is 0 Å². The standard InChI is InChI=1S/C13H22N2/c1-6-11-12(7-2)15-13(5,9-14-11)8-10(3)4/h3,6-9H2,1-2,4-5H3. The maximum absolute atomic E-state index is 4.85. The molecule has 2 nitrogen and oxygen atoms in total. The molecule has 0 aliphatic carbocycles. The summed E-state index contributed by atoms with van der Waals surface area (Å²) in [6.45, 7) is 13.3. The van der Waals surface area contributed by atoms with Crippen molar-refractivity contribution in [1.82, 2.24) is 0 Å². The number of rotatable bonds is 4. The molecule has 0 saturated carbocycles. The first kappa shape index (κ1) is 12.2. The summed E-state index contributed by atoms with van der Waals surface area (Å²) in [6, 6.07) is 0. The highest BCUT2D eigenvalue weighted by Gasteiger charge is 2.27. The molecule has 0 aromatic heterocycles. The molecule has 0 N–H and O–H groups in total. The van der Waals surface area contributed by atoms with Crippen molar-refractivity contribution in [2.24, 2.45) is 9.98 Å². The van der Waals surface area contributed by atoms with E-state index in [0.717, 1.165) is 25.8 Å². The Labute approximate surface area is 93.2 Å². The van der Waals surface area contributed by atoms with E-state index >= 15 is 0 Å². The molecular weight excluding hydrogens is 184 g/mol. The molecule has 2 heteroatoms. The second-order valence-electron chi connectivity index (χ2n) is 4.66. The zero-order valence-corrected chi connectivity index (χ0v) is 10.4. The second-order valence-corrected chi connectivity index (χ2v) is 4.66. The van der Waals surface area contributed by atoms with Crippen molar-refractivity contribution in [3.63, 3.8) is 0 Å². The molecule has 0 aromatic rings. The minimum Gasteiger partial charge on any atom is -0.285 e. The summed E-state index contributed by atoms with van der Waals surface area (Å²) >= 11 is 0. The summed E-state index contributed by atoms with van der Waals surface area (Å²) in [5, 5.41) is 0. The Hall–Kier alpha value is -0.920. The van der Waals surface area contributed by atoms with Gasteiger partial charge in [-0.1, -0.05) is 19.4 Å². The van der Waals surface area contributed by atoms with Crippen LogP contribution in [0.25, 0.3) is 0 Å². The number of nitrogens with zero attached hydrogens (tertiary/aromatic N) is 2. The molecule has 0 bridgehead atoms. The van der Waals surface area contributed by atoms with Crippen LogP contribution in [-0.2, 0) is 0 Å². The third-order valence-corrected chi connectivity index (χ3v) is 2.70. The molecule has 1 aliphatic rings. The molecule has 84 valence electrons. The molecule has 1 unspecified atom stereocenters. The zero-order chi connectivity index (χ0) is 11.5. The highest BCUT2D eigenvalue weighted by Crippen LogP contribution is 2.24. The number of aliphatic imine (C=N–C) groups is 2. The Morgan fingerprint density at radius 2 is 1.93 bits per heavy atom. The third-order valence-electron chi connectivity index (χ3n) is 2.70. The van der Waals surface area contributed by atoms with Gasteiger partial charge in [-0.05, 0) is 33.1 Å². The van der Waals surface area contributed by atoms with Gasteiger partial charge in [0.1, 0.15) is 0 Å². The maximum Gasteiger partial charge on any atom is 0.0815 e. The predicted octanol–water partition coefficient (Wildman–Crippen LogP) is 3.43. The highest BCUT2D eigenvalue weighted by molar-refractivity contribution is 6.42. The van der Waals surface area contributed by atoms with Crippen LogP contribution >= 0.6 is 0 Å². The predicted molar refractivity (Wildman–Crippen MR) is 68.2 cm³/mol. The molecule has 1 heterocycles. The maximum atomic E-state index is 4.85. The summed E-state index contributed by atoms with van der Waals surface area (Å²) in [4.78, 5) is 9.50. The van der Waals surface area contributed by atoms with E-state index in [9.17, 15) is 0 Å². The first-order chi connectivity index (χ1) is 7.00. The van der Waals surface area contributed by atoms with Gasteiger partial charge in [0.05, 0.1) is 23.5 Å². The molecule has 1 atom stereocenters. The third kappa shape index (κ3) is 3.01. The minimum atomic E-state index is -0.0458. The Morgan fingerprint density at radius 1 is 1.33 bits per heavy atom. The second kappa shape index (κ2) is 4.73. The molecule has 0 aromatic carbocycles. The van der Waals surface area contributed by atoms with Crippen LogP contribution in [0.5, 0.6) is 0 Å². The van der Waals surface area contributed by atoms with Gasteiger partial charge in [0, 0.05) is 0 Å². The highest BCUT2D eigenvalue weighted by atomic mass is 15.0. The van der Waals surface area contributed by atoms with E-state index in [2.05, 4.69) is 39.3 Å². The molecule has 0 radical (unpaired) electrons. The van der Waals surface area contributed by atoms with Crippen molar-refractivity contribution < 1.29 is 0 Å². The lowest BCUT2D eigenvalue weighted by molar-refractivity contribution is 0.476. The van der Waals surface area contributed by atoms with E-state index in [1.54, 1.807) is 0 Å². The average Bonchev–Trinajstić information content (AvgIpc) is 2.16. The van der Waals surface area contributed by atoms with Crippen molar-refractivity contribution >= 4 is 11.4 Å². The molecule has 0 spiro atoms. The first-order valence-corrected chi connectivity index (χ1v) is 5.77. The minimum absolute atomic E-state index is 0.0458. The van der Waals surface area contributed by atoms with Crippen molar-refractivity contribution in [2.75, 3.05) is 6.54 Å². The van der Waals surface area contributed by atoms with Crippen molar-refractivity contribution in [3.05, 3.63) is 12.2 Å². The molecule has 1 aliphatic heterocycles. The molecule has 0 amide bonds. The van der Waals surface area contributed by atoms with Gasteiger partial charge < -0.3 is 0 Å². The zero-order valence-electron chi connectivity index (χ0n) is 10.4. The van der Waals surface area contributed by atoms with E-state index < -0.39 is 0 Å². The van der Waals surface area contributed by atoms with Gasteiger partial charge in [-0.25, -0.2) is 0 Å². The van der Waals surface area contributed by atoms with Crippen LogP contribution < -0.4 is 0 Å². The van der Waals surface area contributed by atoms with Crippen LogP contribution in [-0.4, -0.2) is 23.5 Å².